The molecule has 0 atom stereocenters. The quantitative estimate of drug-likeness (QED) is 0.618. The summed E-state index contributed by atoms with van der Waals surface area (Å²) >= 11 is 0. The molecule has 0 unspecified atom stereocenters. The zero-order valence-corrected chi connectivity index (χ0v) is 10.9. The van der Waals surface area contributed by atoms with Gasteiger partial charge in [-0.2, -0.15) is 0 Å². The van der Waals surface area contributed by atoms with Crippen molar-refractivity contribution in [2.24, 2.45) is 0 Å². The topological polar surface area (TPSA) is 43.4 Å². The van der Waals surface area contributed by atoms with E-state index in [1.807, 2.05) is 30.3 Å². The lowest BCUT2D eigenvalue weighted by Gasteiger charge is -2.01. The van der Waals surface area contributed by atoms with Crippen LogP contribution in [0.5, 0.6) is 5.75 Å². The Balaban J connectivity index is 2.07. The van der Waals surface area contributed by atoms with Crippen LogP contribution < -0.4 is 4.74 Å². The van der Waals surface area contributed by atoms with Gasteiger partial charge in [0.25, 0.3) is 0 Å². The summed E-state index contributed by atoms with van der Waals surface area (Å²) in [7, 11) is 1.60. The van der Waals surface area contributed by atoms with Crippen LogP contribution in [0, 0.1) is 0 Å². The second kappa shape index (κ2) is 4.78. The van der Waals surface area contributed by atoms with Gasteiger partial charge in [0.1, 0.15) is 5.75 Å². The Morgan fingerprint density at radius 1 is 0.850 bits per heavy atom. The molecule has 3 heteroatoms. The number of benzene rings is 2. The van der Waals surface area contributed by atoms with Crippen molar-refractivity contribution in [3.05, 3.63) is 65.2 Å². The van der Waals surface area contributed by atoms with Crippen LogP contribution in [0.4, 0.5) is 0 Å². The third-order valence-electron chi connectivity index (χ3n) is 3.34. The maximum absolute atomic E-state index is 12.0. The summed E-state index contributed by atoms with van der Waals surface area (Å²) < 4.78 is 5.09. The molecule has 0 N–H and O–H groups in total. The smallest absolute Gasteiger partial charge is 0.234 e. The maximum atomic E-state index is 12.0. The molecule has 20 heavy (non-hydrogen) atoms. The number of ether oxygens (including phenoxy) is 1. The van der Waals surface area contributed by atoms with Crippen molar-refractivity contribution in [3.63, 3.8) is 0 Å². The van der Waals surface area contributed by atoms with Gasteiger partial charge in [0, 0.05) is 11.1 Å². The summed E-state index contributed by atoms with van der Waals surface area (Å²) in [5, 5.41) is 0. The summed E-state index contributed by atoms with van der Waals surface area (Å²) in [6.07, 6.45) is 1.74. The van der Waals surface area contributed by atoms with Crippen molar-refractivity contribution < 1.29 is 14.3 Å². The van der Waals surface area contributed by atoms with Gasteiger partial charge in [0.15, 0.2) is 0 Å². The minimum atomic E-state index is -0.443. The number of Topliss-reactive ketones (excluding diaryl/α,β-unsaturated/α-hetero) is 2. The molecule has 98 valence electrons. The Hall–Kier alpha value is -2.68. The van der Waals surface area contributed by atoms with E-state index in [-0.39, 0.29) is 0 Å². The highest BCUT2D eigenvalue weighted by Gasteiger charge is 2.32. The Kier molecular flexibility index (Phi) is 2.95. The first kappa shape index (κ1) is 12.4. The van der Waals surface area contributed by atoms with Gasteiger partial charge in [-0.05, 0) is 29.3 Å². The first-order valence-electron chi connectivity index (χ1n) is 6.25. The molecule has 3 rings (SSSR count). The van der Waals surface area contributed by atoms with E-state index in [9.17, 15) is 9.59 Å². The van der Waals surface area contributed by atoms with Gasteiger partial charge in [-0.25, -0.2) is 0 Å². The predicted molar refractivity (Wildman–Crippen MR) is 76.6 cm³/mol. The third-order valence-corrected chi connectivity index (χ3v) is 3.34. The number of rotatable bonds is 2. The highest BCUT2D eigenvalue weighted by atomic mass is 16.5. The fourth-order valence-corrected chi connectivity index (χ4v) is 2.29. The van der Waals surface area contributed by atoms with E-state index in [1.54, 1.807) is 31.4 Å². The molecular weight excluding hydrogens is 252 g/mol. The molecule has 0 fully saturated rings. The molecule has 1 aliphatic carbocycles. The first-order valence-corrected chi connectivity index (χ1v) is 6.25. The summed E-state index contributed by atoms with van der Waals surface area (Å²) in [5.41, 5.74) is 2.50. The predicted octanol–water partition coefficient (Wildman–Crippen LogP) is 3.00. The summed E-state index contributed by atoms with van der Waals surface area (Å²) in [6, 6.07) is 14.4. The number of carbonyl (C=O) groups excluding carboxylic acids is 2. The highest BCUT2D eigenvalue weighted by molar-refractivity contribution is 6.64. The number of hydrogen-bond acceptors (Lipinski definition) is 3. The highest BCUT2D eigenvalue weighted by Crippen LogP contribution is 2.31. The van der Waals surface area contributed by atoms with E-state index in [2.05, 4.69) is 0 Å². The summed E-state index contributed by atoms with van der Waals surface area (Å²) in [6.45, 7) is 0. The number of fused-ring (bicyclic) bond motifs is 1. The van der Waals surface area contributed by atoms with E-state index in [0.717, 1.165) is 11.3 Å². The van der Waals surface area contributed by atoms with Crippen LogP contribution in [0.1, 0.15) is 21.5 Å². The summed E-state index contributed by atoms with van der Waals surface area (Å²) in [4.78, 5) is 23.9. The minimum absolute atomic E-state index is 0.430. The van der Waals surface area contributed by atoms with Gasteiger partial charge in [-0.15, -0.1) is 0 Å². The Labute approximate surface area is 116 Å². The fraction of sp³-hybridized carbons (Fsp3) is 0.0588. The number of methoxy groups -OCH3 is 1. The van der Waals surface area contributed by atoms with Crippen LogP contribution in [0.25, 0.3) is 11.6 Å². The van der Waals surface area contributed by atoms with Gasteiger partial charge in [0.05, 0.1) is 7.11 Å². The molecule has 0 spiro atoms. The lowest BCUT2D eigenvalue weighted by molar-refractivity contribution is -0.109. The number of hydrogen-bond donors (Lipinski definition) is 0. The lowest BCUT2D eigenvalue weighted by atomic mass is 10.0. The Morgan fingerprint density at radius 3 is 2.15 bits per heavy atom. The molecule has 0 heterocycles. The van der Waals surface area contributed by atoms with Crippen LogP contribution in [0.2, 0.25) is 0 Å². The molecule has 0 aromatic heterocycles. The van der Waals surface area contributed by atoms with Crippen molar-refractivity contribution in [1.82, 2.24) is 0 Å². The lowest BCUT2D eigenvalue weighted by Crippen LogP contribution is -2.05. The molecule has 0 bridgehead atoms. The molecule has 0 saturated carbocycles. The number of allylic oxidation sites excluding steroid dienone is 1. The van der Waals surface area contributed by atoms with Crippen molar-refractivity contribution in [2.45, 2.75) is 0 Å². The zero-order chi connectivity index (χ0) is 14.1. The van der Waals surface area contributed by atoms with E-state index in [1.165, 1.54) is 0 Å². The van der Waals surface area contributed by atoms with Crippen LogP contribution >= 0.6 is 0 Å². The second-order valence-corrected chi connectivity index (χ2v) is 4.54. The van der Waals surface area contributed by atoms with Crippen molar-refractivity contribution >= 4 is 23.2 Å². The van der Waals surface area contributed by atoms with Gasteiger partial charge in [-0.1, -0.05) is 36.4 Å². The van der Waals surface area contributed by atoms with Crippen LogP contribution in [0.3, 0.4) is 0 Å². The van der Waals surface area contributed by atoms with Crippen molar-refractivity contribution in [2.75, 3.05) is 7.11 Å². The van der Waals surface area contributed by atoms with Gasteiger partial charge < -0.3 is 4.74 Å². The molecule has 2 aromatic carbocycles. The molecule has 2 aromatic rings. The van der Waals surface area contributed by atoms with Crippen LogP contribution in [-0.4, -0.2) is 18.7 Å². The standard InChI is InChI=1S/C17H12O3/c1-20-12-8-6-11(7-9-12)10-15-13-4-2-3-5-14(13)16(18)17(15)19/h2-10H,1H3/b15-10+. The minimum Gasteiger partial charge on any atom is -0.497 e. The molecular formula is C17H12O3. The van der Waals surface area contributed by atoms with E-state index < -0.39 is 11.6 Å². The van der Waals surface area contributed by atoms with Crippen molar-refractivity contribution in [1.29, 1.82) is 0 Å². The third kappa shape index (κ3) is 1.93. The average molecular weight is 264 g/mol. The molecule has 3 nitrogen and oxygen atoms in total. The normalized spacial score (nSPS) is 15.6. The SMILES string of the molecule is COc1ccc(/C=C2/C(=O)C(=O)c3ccccc32)cc1. The molecule has 0 radical (unpaired) electrons. The molecule has 0 amide bonds. The zero-order valence-electron chi connectivity index (χ0n) is 10.9. The van der Waals surface area contributed by atoms with E-state index in [4.69, 9.17) is 4.74 Å². The fourth-order valence-electron chi connectivity index (χ4n) is 2.29. The van der Waals surface area contributed by atoms with Crippen LogP contribution in [-0.2, 0) is 4.79 Å². The van der Waals surface area contributed by atoms with Gasteiger partial charge in [-0.3, -0.25) is 9.59 Å². The summed E-state index contributed by atoms with van der Waals surface area (Å²) in [5.74, 6) is -0.122. The van der Waals surface area contributed by atoms with E-state index in [0.29, 0.717) is 16.7 Å². The molecule has 0 saturated heterocycles. The van der Waals surface area contributed by atoms with Crippen molar-refractivity contribution in [3.8, 4) is 5.75 Å². The largest absolute Gasteiger partial charge is 0.497 e. The Morgan fingerprint density at radius 2 is 1.50 bits per heavy atom. The molecule has 1 aliphatic rings. The maximum Gasteiger partial charge on any atom is 0.234 e. The monoisotopic (exact) mass is 264 g/mol. The first-order chi connectivity index (χ1) is 9.70. The number of ketones is 2. The van der Waals surface area contributed by atoms with Gasteiger partial charge >= 0.3 is 0 Å². The second-order valence-electron chi connectivity index (χ2n) is 4.54. The van der Waals surface area contributed by atoms with Gasteiger partial charge in [0.2, 0.25) is 11.6 Å². The number of carbonyl (C=O) groups is 2. The van der Waals surface area contributed by atoms with E-state index >= 15 is 0 Å². The average Bonchev–Trinajstić information content (AvgIpc) is 2.74. The van der Waals surface area contributed by atoms with Crippen LogP contribution in [0.15, 0.2) is 48.5 Å². The molecule has 0 aliphatic heterocycles. The Bertz CT molecular complexity index is 724.